The van der Waals surface area contributed by atoms with E-state index in [1.165, 1.54) is 29.1 Å². The molecule has 1 fully saturated rings. The Morgan fingerprint density at radius 1 is 1.33 bits per heavy atom. The van der Waals surface area contributed by atoms with Gasteiger partial charge in [0.15, 0.2) is 24.5 Å². The summed E-state index contributed by atoms with van der Waals surface area (Å²) in [4.78, 5) is 42.0. The van der Waals surface area contributed by atoms with E-state index in [9.17, 15) is 24.4 Å². The first-order valence-corrected chi connectivity index (χ1v) is 11.2. The number of aliphatic hydroxyl groups excluding tert-OH is 2. The normalized spacial score (nSPS) is 23.7. The Balaban J connectivity index is 1.98. The molecule has 1 aromatic heterocycles. The third kappa shape index (κ3) is 8.10. The van der Waals surface area contributed by atoms with Gasteiger partial charge in [-0.3, -0.25) is 9.93 Å². The van der Waals surface area contributed by atoms with Crippen LogP contribution < -0.4 is 21.4 Å². The van der Waals surface area contributed by atoms with Crippen LogP contribution in [0.25, 0.3) is 0 Å². The van der Waals surface area contributed by atoms with Gasteiger partial charge >= 0.3 is 19.8 Å². The van der Waals surface area contributed by atoms with Crippen LogP contribution in [0, 0.1) is 5.41 Å². The lowest BCUT2D eigenvalue weighted by molar-refractivity contribution is -0.765. The van der Waals surface area contributed by atoms with Crippen molar-refractivity contribution in [3.05, 3.63) is 30.1 Å². The van der Waals surface area contributed by atoms with Crippen molar-refractivity contribution in [1.29, 1.82) is 5.41 Å². The molecule has 33 heavy (non-hydrogen) atoms. The number of guanidine groups is 1. The van der Waals surface area contributed by atoms with Crippen LogP contribution in [-0.4, -0.2) is 75.4 Å². The van der Waals surface area contributed by atoms with Gasteiger partial charge in [-0.2, -0.15) is 4.57 Å². The molecule has 0 aromatic carbocycles. The molecule has 0 unspecified atom stereocenters. The molecule has 2 rings (SSSR count). The Morgan fingerprint density at radius 2 is 2.03 bits per heavy atom. The molecule has 1 aliphatic heterocycles. The van der Waals surface area contributed by atoms with Gasteiger partial charge < -0.3 is 46.3 Å². The number of rotatable bonds is 10. The van der Waals surface area contributed by atoms with E-state index in [4.69, 9.17) is 36.1 Å². The number of carbonyl (C=O) groups is 2. The van der Waals surface area contributed by atoms with E-state index in [0.29, 0.717) is 13.0 Å². The van der Waals surface area contributed by atoms with Crippen LogP contribution in [0.5, 0.6) is 0 Å². The molecular formula is C17H27N5O10P+. The number of hydrogen-bond donors (Lipinski definition) is 8. The van der Waals surface area contributed by atoms with Crippen LogP contribution in [0.1, 0.15) is 29.4 Å². The number of nitrogens with zero attached hydrogens (tertiary/aromatic N) is 1. The standard InChI is InChI=1S/C17H26N5O10P/c18-10(4-1-5-21-17(19)20)16(26)32-15(25)9-3-2-6-22(7-9)14-13(24)12(23)11(31-14)8-30-33(27,28)29/h2-3,6-7,10-14,23-24H,1,4-5,8,18H2,(H5-,19,20,21,27,28,29)/p+1/t10-,11+,12+,13+,14+/m0/s1. The van der Waals surface area contributed by atoms with Crippen molar-refractivity contribution in [1.82, 2.24) is 5.32 Å². The van der Waals surface area contributed by atoms with Gasteiger partial charge in [0.1, 0.15) is 23.8 Å². The zero-order valence-corrected chi connectivity index (χ0v) is 18.2. The SMILES string of the molecule is N=C(N)NCCC[C@H](N)C(=O)OC(=O)c1ccc[n+]([C@@H]2O[C@H](COP(=O)(O)O)[C@@H](O)[C@H]2O)c1. The number of carbonyl (C=O) groups excluding carboxylic acids is 2. The Hall–Kier alpha value is -2.49. The van der Waals surface area contributed by atoms with Crippen LogP contribution in [-0.2, 0) is 23.4 Å². The van der Waals surface area contributed by atoms with Crippen molar-refractivity contribution in [3.63, 3.8) is 0 Å². The fourth-order valence-corrected chi connectivity index (χ4v) is 3.29. The smallest absolute Gasteiger partial charge is 0.388 e. The predicted octanol–water partition coefficient (Wildman–Crippen LogP) is -3.02. The van der Waals surface area contributed by atoms with E-state index in [0.717, 1.165) is 0 Å². The molecule has 184 valence electrons. The number of aliphatic hydroxyl groups is 2. The molecule has 1 aliphatic rings. The topological polar surface area (TPSA) is 252 Å². The van der Waals surface area contributed by atoms with Crippen molar-refractivity contribution in [2.24, 2.45) is 11.5 Å². The van der Waals surface area contributed by atoms with E-state index in [1.54, 1.807) is 0 Å². The number of aromatic nitrogens is 1. The molecule has 0 saturated carbocycles. The van der Waals surface area contributed by atoms with Crippen molar-refractivity contribution in [2.75, 3.05) is 13.2 Å². The van der Waals surface area contributed by atoms with Gasteiger partial charge in [-0.05, 0) is 18.9 Å². The number of phosphoric acid groups is 1. The minimum atomic E-state index is -4.81. The minimum Gasteiger partial charge on any atom is -0.388 e. The second kappa shape index (κ2) is 11.6. The maximum absolute atomic E-state index is 12.3. The fourth-order valence-electron chi connectivity index (χ4n) is 2.94. The second-order valence-electron chi connectivity index (χ2n) is 7.17. The number of phosphoric ester groups is 1. The molecule has 0 spiro atoms. The molecule has 1 saturated heterocycles. The molecule has 0 bridgehead atoms. The summed E-state index contributed by atoms with van der Waals surface area (Å²) in [6.07, 6.45) is -2.32. The maximum Gasteiger partial charge on any atom is 0.469 e. The number of hydrogen-bond acceptors (Lipinski definition) is 10. The largest absolute Gasteiger partial charge is 0.469 e. The number of esters is 2. The van der Waals surface area contributed by atoms with Crippen LogP contribution in [0.2, 0.25) is 0 Å². The molecular weight excluding hydrogens is 465 g/mol. The van der Waals surface area contributed by atoms with Gasteiger partial charge in [-0.1, -0.05) is 0 Å². The summed E-state index contributed by atoms with van der Waals surface area (Å²) >= 11 is 0. The molecule has 16 heteroatoms. The molecule has 0 amide bonds. The molecule has 5 atom stereocenters. The zero-order valence-electron chi connectivity index (χ0n) is 17.3. The highest BCUT2D eigenvalue weighted by Gasteiger charge is 2.49. The van der Waals surface area contributed by atoms with Gasteiger partial charge in [0, 0.05) is 12.6 Å². The number of pyridine rings is 1. The van der Waals surface area contributed by atoms with E-state index in [1.807, 2.05) is 0 Å². The highest BCUT2D eigenvalue weighted by molar-refractivity contribution is 7.46. The molecule has 2 heterocycles. The highest BCUT2D eigenvalue weighted by Crippen LogP contribution is 2.37. The summed E-state index contributed by atoms with van der Waals surface area (Å²) < 4.78 is 26.6. The fraction of sp³-hybridized carbons (Fsp3) is 0.529. The summed E-state index contributed by atoms with van der Waals surface area (Å²) in [5, 5.41) is 29.9. The third-order valence-corrected chi connectivity index (χ3v) is 5.08. The quantitative estimate of drug-likeness (QED) is 0.0308. The maximum atomic E-state index is 12.3. The van der Waals surface area contributed by atoms with Crippen LogP contribution in [0.4, 0.5) is 0 Å². The predicted molar refractivity (Wildman–Crippen MR) is 108 cm³/mol. The van der Waals surface area contributed by atoms with Gasteiger partial charge in [-0.25, -0.2) is 14.2 Å². The second-order valence-corrected chi connectivity index (χ2v) is 8.41. The Kier molecular flexibility index (Phi) is 9.39. The number of nitrogens with two attached hydrogens (primary N) is 2. The highest BCUT2D eigenvalue weighted by atomic mass is 31.2. The summed E-state index contributed by atoms with van der Waals surface area (Å²) in [5.41, 5.74) is 10.8. The molecule has 10 N–H and O–H groups in total. The minimum absolute atomic E-state index is 0.0866. The van der Waals surface area contributed by atoms with E-state index in [2.05, 4.69) is 9.84 Å². The average Bonchev–Trinajstić information content (AvgIpc) is 3.03. The number of nitrogens with one attached hydrogen (secondary N) is 2. The van der Waals surface area contributed by atoms with E-state index in [-0.39, 0.29) is 17.9 Å². The molecule has 1 aromatic rings. The summed E-state index contributed by atoms with van der Waals surface area (Å²) in [7, 11) is -4.81. The first-order valence-electron chi connectivity index (χ1n) is 9.71. The summed E-state index contributed by atoms with van der Waals surface area (Å²) in [6, 6.07) is 1.65. The summed E-state index contributed by atoms with van der Waals surface area (Å²) in [5.74, 6) is -2.19. The summed E-state index contributed by atoms with van der Waals surface area (Å²) in [6.45, 7) is -0.367. The lowest BCUT2D eigenvalue weighted by atomic mass is 10.1. The van der Waals surface area contributed by atoms with Crippen molar-refractivity contribution < 1.29 is 52.7 Å². The Bertz CT molecular complexity index is 912. The van der Waals surface area contributed by atoms with Crippen LogP contribution >= 0.6 is 7.82 Å². The van der Waals surface area contributed by atoms with Crippen molar-refractivity contribution >= 4 is 25.7 Å². The molecule has 0 radical (unpaired) electrons. The van der Waals surface area contributed by atoms with Gasteiger partial charge in [0.05, 0.1) is 6.61 Å². The average molecular weight is 492 g/mol. The molecule has 0 aliphatic carbocycles. The van der Waals surface area contributed by atoms with E-state index < -0.39 is 56.9 Å². The van der Waals surface area contributed by atoms with Crippen LogP contribution in [0.15, 0.2) is 24.5 Å². The Labute approximate surface area is 188 Å². The van der Waals surface area contributed by atoms with Gasteiger partial charge in [0.2, 0.25) is 0 Å². The van der Waals surface area contributed by atoms with Gasteiger partial charge in [-0.15, -0.1) is 0 Å². The van der Waals surface area contributed by atoms with Crippen molar-refractivity contribution in [3.8, 4) is 0 Å². The monoisotopic (exact) mass is 492 g/mol. The lowest BCUT2D eigenvalue weighted by Gasteiger charge is -2.13. The Morgan fingerprint density at radius 3 is 2.67 bits per heavy atom. The first kappa shape index (κ1) is 26.8. The molecule has 15 nitrogen and oxygen atoms in total. The van der Waals surface area contributed by atoms with E-state index >= 15 is 0 Å². The lowest BCUT2D eigenvalue weighted by Crippen LogP contribution is -2.46. The van der Waals surface area contributed by atoms with Gasteiger partial charge in [0.25, 0.3) is 6.23 Å². The third-order valence-electron chi connectivity index (χ3n) is 4.60. The number of ether oxygens (including phenoxy) is 2. The van der Waals surface area contributed by atoms with Crippen molar-refractivity contribution in [2.45, 2.75) is 43.4 Å². The van der Waals surface area contributed by atoms with Crippen LogP contribution in [0.3, 0.4) is 0 Å². The zero-order chi connectivity index (χ0) is 24.8. The first-order chi connectivity index (χ1) is 15.4.